The lowest BCUT2D eigenvalue weighted by molar-refractivity contribution is -0.140. The van der Waals surface area contributed by atoms with Gasteiger partial charge in [0.25, 0.3) is 5.91 Å². The largest absolute Gasteiger partial charge is 0.494 e. The molecule has 0 aliphatic carbocycles. The second kappa shape index (κ2) is 11.8. The monoisotopic (exact) mass is 607 g/mol. The number of aliphatic hydroxyl groups is 1. The first kappa shape index (κ1) is 29.3. The summed E-state index contributed by atoms with van der Waals surface area (Å²) in [5, 5.41) is 11.6. The number of amides is 3. The Morgan fingerprint density at radius 2 is 1.60 bits per heavy atom. The maximum Gasteiger partial charge on any atom is 0.253 e. The first-order valence-corrected chi connectivity index (χ1v) is 15.7. The highest BCUT2D eigenvalue weighted by molar-refractivity contribution is 6.08. The van der Waals surface area contributed by atoms with E-state index in [1.54, 1.807) is 14.7 Å². The summed E-state index contributed by atoms with van der Waals surface area (Å²) in [6.07, 6.45) is 7.89. The van der Waals surface area contributed by atoms with Crippen LogP contribution >= 0.6 is 0 Å². The first-order valence-electron chi connectivity index (χ1n) is 15.7. The van der Waals surface area contributed by atoms with E-state index in [0.717, 1.165) is 16.5 Å². The fourth-order valence-electron chi connectivity index (χ4n) is 7.47. The van der Waals surface area contributed by atoms with Gasteiger partial charge in [0, 0.05) is 37.6 Å². The summed E-state index contributed by atoms with van der Waals surface area (Å²) in [4.78, 5) is 48.5. The number of likely N-dealkylation sites (tertiary alicyclic amines) is 1. The minimum atomic E-state index is -1.31. The van der Waals surface area contributed by atoms with Crippen LogP contribution in [0, 0.1) is 11.8 Å². The van der Waals surface area contributed by atoms with Gasteiger partial charge in [-0.1, -0.05) is 54.6 Å². The van der Waals surface area contributed by atoms with Crippen molar-refractivity contribution in [1.29, 1.82) is 0 Å². The molecule has 7 rings (SSSR count). The zero-order valence-corrected chi connectivity index (χ0v) is 25.2. The summed E-state index contributed by atoms with van der Waals surface area (Å²) in [5.41, 5.74) is 0.124. The molecule has 1 N–H and O–H groups in total. The number of ether oxygens (including phenoxy) is 2. The molecule has 0 bridgehead atoms. The molecular weight excluding hydrogens is 570 g/mol. The minimum absolute atomic E-state index is 0.0140. The lowest BCUT2D eigenvalue weighted by Gasteiger charge is -2.35. The average molecular weight is 608 g/mol. The molecule has 4 heterocycles. The number of aliphatic hydroxyl groups excluding tert-OH is 1. The molecule has 232 valence electrons. The van der Waals surface area contributed by atoms with Crippen LogP contribution in [0.2, 0.25) is 0 Å². The Kier molecular flexibility index (Phi) is 7.67. The molecule has 9 heteroatoms. The van der Waals surface area contributed by atoms with Gasteiger partial charge >= 0.3 is 0 Å². The Balaban J connectivity index is 1.27. The number of benzene rings is 3. The zero-order valence-electron chi connectivity index (χ0n) is 25.2. The second-order valence-electron chi connectivity index (χ2n) is 12.0. The summed E-state index contributed by atoms with van der Waals surface area (Å²) in [6, 6.07) is 20.3. The summed E-state index contributed by atoms with van der Waals surface area (Å²) in [5.74, 6) is -1.69. The van der Waals surface area contributed by atoms with Crippen molar-refractivity contribution in [1.82, 2.24) is 4.90 Å². The Hall–Kier alpha value is -4.47. The van der Waals surface area contributed by atoms with Gasteiger partial charge in [0.2, 0.25) is 11.8 Å². The van der Waals surface area contributed by atoms with Gasteiger partial charge in [-0.2, -0.15) is 0 Å². The summed E-state index contributed by atoms with van der Waals surface area (Å²) in [7, 11) is 0. The van der Waals surface area contributed by atoms with Crippen molar-refractivity contribution in [2.24, 2.45) is 11.8 Å². The van der Waals surface area contributed by atoms with Crippen LogP contribution in [-0.4, -0.2) is 78.3 Å². The molecule has 1 unspecified atom stereocenters. The maximum absolute atomic E-state index is 14.7. The Bertz CT molecular complexity index is 1690. The highest BCUT2D eigenvalue weighted by Crippen LogP contribution is 2.54. The van der Waals surface area contributed by atoms with Gasteiger partial charge in [-0.15, -0.1) is 0 Å². The Morgan fingerprint density at radius 1 is 0.867 bits per heavy atom. The molecule has 1 spiro atoms. The minimum Gasteiger partial charge on any atom is -0.494 e. The zero-order chi connectivity index (χ0) is 31.1. The Labute approximate surface area is 262 Å². The van der Waals surface area contributed by atoms with Crippen molar-refractivity contribution < 1.29 is 29.0 Å². The number of rotatable bonds is 8. The van der Waals surface area contributed by atoms with Crippen LogP contribution < -0.4 is 14.5 Å². The lowest BCUT2D eigenvalue weighted by Crippen LogP contribution is -2.55. The molecule has 9 nitrogen and oxygen atoms in total. The van der Waals surface area contributed by atoms with E-state index in [1.165, 1.54) is 0 Å². The summed E-state index contributed by atoms with van der Waals surface area (Å²) in [6.45, 7) is 3.37. The van der Waals surface area contributed by atoms with Crippen molar-refractivity contribution in [3.63, 3.8) is 0 Å². The number of hydrogen-bond acceptors (Lipinski definition) is 6. The van der Waals surface area contributed by atoms with Crippen LogP contribution in [0.3, 0.4) is 0 Å². The smallest absolute Gasteiger partial charge is 0.253 e. The SMILES string of the molecule is CCOc1ccc(N2CC=C[C@H]3O[C@]45C=CCN(c6ccc7ccccc7c6)C(=O)C4N(CCCCO)C(=O)[C@@H]5[C@H]3C2=O)cc1. The molecule has 4 aliphatic rings. The van der Waals surface area contributed by atoms with Gasteiger partial charge in [0.05, 0.1) is 24.5 Å². The summed E-state index contributed by atoms with van der Waals surface area (Å²) < 4.78 is 12.4. The van der Waals surface area contributed by atoms with Crippen LogP contribution in [0.1, 0.15) is 19.8 Å². The molecule has 3 aromatic rings. The third kappa shape index (κ3) is 4.82. The van der Waals surface area contributed by atoms with E-state index in [1.807, 2.05) is 98.0 Å². The number of carbonyl (C=O) groups excluding carboxylic acids is 3. The predicted molar refractivity (Wildman–Crippen MR) is 171 cm³/mol. The third-order valence-corrected chi connectivity index (χ3v) is 9.47. The van der Waals surface area contributed by atoms with E-state index in [9.17, 15) is 19.5 Å². The topological polar surface area (TPSA) is 99.6 Å². The van der Waals surface area contributed by atoms with Gasteiger partial charge < -0.3 is 29.3 Å². The molecule has 0 radical (unpaired) electrons. The molecule has 3 amide bonds. The van der Waals surface area contributed by atoms with Crippen LogP contribution in [0.25, 0.3) is 10.8 Å². The summed E-state index contributed by atoms with van der Waals surface area (Å²) >= 11 is 0. The first-order chi connectivity index (χ1) is 22.0. The van der Waals surface area contributed by atoms with Gasteiger partial charge in [0.1, 0.15) is 17.4 Å². The van der Waals surface area contributed by atoms with Gasteiger partial charge in [-0.05, 0) is 66.9 Å². The van der Waals surface area contributed by atoms with Crippen LogP contribution in [0.5, 0.6) is 5.75 Å². The quantitative estimate of drug-likeness (QED) is 0.306. The van der Waals surface area contributed by atoms with Crippen LogP contribution in [-0.2, 0) is 19.1 Å². The van der Waals surface area contributed by atoms with Crippen LogP contribution in [0.15, 0.2) is 91.0 Å². The molecule has 5 atom stereocenters. The van der Waals surface area contributed by atoms with Gasteiger partial charge in [0.15, 0.2) is 0 Å². The van der Waals surface area contributed by atoms with Crippen molar-refractivity contribution in [2.45, 2.75) is 37.5 Å². The van der Waals surface area contributed by atoms with Gasteiger partial charge in [-0.25, -0.2) is 0 Å². The number of anilines is 2. The lowest BCUT2D eigenvalue weighted by atomic mass is 9.77. The standard InChI is InChI=1S/C36H37N3O6/c1-2-44-28-16-14-26(15-17-28)37-20-7-11-29-30(33(37)41)31-34(42)39(19-5-6-22-40)32-35(43)38(21-8-18-36(31,32)45-29)27-13-12-24-9-3-4-10-25(24)23-27/h3-4,7-18,23,29-32,40H,2,5-6,19-22H2,1H3/t29-,30+,31+,32?,36+/m1/s1. The van der Waals surface area contributed by atoms with E-state index in [2.05, 4.69) is 0 Å². The molecular formula is C36H37N3O6. The van der Waals surface area contributed by atoms with Crippen molar-refractivity contribution >= 4 is 39.9 Å². The Morgan fingerprint density at radius 3 is 2.38 bits per heavy atom. The number of nitrogens with zero attached hydrogens (tertiary/aromatic N) is 3. The maximum atomic E-state index is 14.7. The highest BCUT2D eigenvalue weighted by Gasteiger charge is 2.71. The molecule has 0 aromatic heterocycles. The molecule has 0 saturated carbocycles. The van der Waals surface area contributed by atoms with Crippen molar-refractivity contribution in [2.75, 3.05) is 42.6 Å². The van der Waals surface area contributed by atoms with E-state index in [0.29, 0.717) is 44.0 Å². The normalized spacial score (nSPS) is 27.4. The molecule has 2 saturated heterocycles. The predicted octanol–water partition coefficient (Wildman–Crippen LogP) is 4.10. The van der Waals surface area contributed by atoms with Crippen molar-refractivity contribution in [3.05, 3.63) is 91.0 Å². The highest BCUT2D eigenvalue weighted by atomic mass is 16.5. The molecule has 3 aromatic carbocycles. The van der Waals surface area contributed by atoms with Crippen molar-refractivity contribution in [3.8, 4) is 5.75 Å². The van der Waals surface area contributed by atoms with E-state index >= 15 is 0 Å². The molecule has 45 heavy (non-hydrogen) atoms. The van der Waals surface area contributed by atoms with Gasteiger partial charge in [-0.3, -0.25) is 14.4 Å². The average Bonchev–Trinajstić information content (AvgIpc) is 3.36. The third-order valence-electron chi connectivity index (χ3n) is 9.47. The second-order valence-corrected chi connectivity index (χ2v) is 12.0. The fraction of sp³-hybridized carbons (Fsp3) is 0.361. The molecule has 2 fully saturated rings. The number of fused-ring (bicyclic) bond motifs is 3. The van der Waals surface area contributed by atoms with Crippen LogP contribution in [0.4, 0.5) is 11.4 Å². The number of hydrogen-bond donors (Lipinski definition) is 1. The van der Waals surface area contributed by atoms with E-state index < -0.39 is 29.6 Å². The number of carbonyl (C=O) groups is 3. The number of unbranched alkanes of at least 4 members (excludes halogenated alkanes) is 1. The fourth-order valence-corrected chi connectivity index (χ4v) is 7.47. The molecule has 4 aliphatic heterocycles. The van der Waals surface area contributed by atoms with E-state index in [-0.39, 0.29) is 30.9 Å². The van der Waals surface area contributed by atoms with E-state index in [4.69, 9.17) is 9.47 Å².